The van der Waals surface area contributed by atoms with Crippen LogP contribution in [0.2, 0.25) is 0 Å². The number of aliphatic hydroxyl groups excluding tert-OH is 1. The summed E-state index contributed by atoms with van der Waals surface area (Å²) in [4.78, 5) is 72.5. The number of aliphatic hydroxyl groups is 1. The van der Waals surface area contributed by atoms with E-state index in [2.05, 4.69) is 41.5 Å². The second kappa shape index (κ2) is 63.1. The first kappa shape index (κ1) is 88.1. The predicted molar refractivity (Wildman–Crippen MR) is 363 cm³/mol. The second-order valence-electron chi connectivity index (χ2n) is 26.3. The molecule has 90 heavy (non-hydrogen) atoms. The number of carbonyl (C=O) groups is 4. The lowest BCUT2D eigenvalue weighted by Gasteiger charge is -2.21. The second-order valence-corrected chi connectivity index (χ2v) is 29.3. The van der Waals surface area contributed by atoms with Gasteiger partial charge in [-0.2, -0.15) is 0 Å². The smallest absolute Gasteiger partial charge is 0.462 e. The molecular weight excluding hydrogens is 1190 g/mol. The topological polar surface area (TPSA) is 237 Å². The molecule has 0 saturated heterocycles. The molecule has 0 aliphatic heterocycles. The minimum absolute atomic E-state index is 0.103. The van der Waals surface area contributed by atoms with Gasteiger partial charge in [0.05, 0.1) is 26.4 Å². The third-order valence-corrected chi connectivity index (χ3v) is 18.7. The van der Waals surface area contributed by atoms with Gasteiger partial charge in [0.25, 0.3) is 0 Å². The molecule has 0 radical (unpaired) electrons. The normalized spacial score (nSPS) is 14.4. The van der Waals surface area contributed by atoms with E-state index in [1.807, 2.05) is 0 Å². The molecule has 6 atom stereocenters. The summed E-state index contributed by atoms with van der Waals surface area (Å²) in [6.07, 6.45) is 48.6. The molecule has 19 heteroatoms. The zero-order chi connectivity index (χ0) is 66.5. The number of esters is 4. The van der Waals surface area contributed by atoms with Crippen LogP contribution in [0.5, 0.6) is 0 Å². The highest BCUT2D eigenvalue weighted by molar-refractivity contribution is 7.47. The highest BCUT2D eigenvalue weighted by Gasteiger charge is 2.30. The number of hydrogen-bond donors (Lipinski definition) is 3. The van der Waals surface area contributed by atoms with Gasteiger partial charge in [0.15, 0.2) is 12.2 Å². The Bertz CT molecular complexity index is 1750. The van der Waals surface area contributed by atoms with E-state index in [0.717, 1.165) is 95.8 Å². The third kappa shape index (κ3) is 63.5. The van der Waals surface area contributed by atoms with Gasteiger partial charge >= 0.3 is 39.5 Å². The average molecular weight is 1330 g/mol. The maximum Gasteiger partial charge on any atom is 0.472 e. The first-order chi connectivity index (χ1) is 43.4. The van der Waals surface area contributed by atoms with Crippen LogP contribution in [-0.2, 0) is 65.4 Å². The van der Waals surface area contributed by atoms with Gasteiger partial charge < -0.3 is 33.8 Å². The maximum atomic E-state index is 13.0. The van der Waals surface area contributed by atoms with Crippen LogP contribution >= 0.6 is 15.6 Å². The fourth-order valence-corrected chi connectivity index (χ4v) is 12.3. The molecule has 3 N–H and O–H groups in total. The van der Waals surface area contributed by atoms with Crippen molar-refractivity contribution in [2.45, 2.75) is 381 Å². The zero-order valence-corrected chi connectivity index (χ0v) is 60.2. The van der Waals surface area contributed by atoms with E-state index < -0.39 is 97.5 Å². The standard InChI is InChI=1S/C71H138O17P2/c1-7-10-12-14-16-18-19-20-21-22-23-24-25-31-37-43-49-55-70(75)87-66(59-82-69(74)54-48-42-36-30-27-26-29-34-40-46-52-64(6)9-3)61-85-89(77,78)83-57-65(72)58-84-90(79,80)86-62-67(60-81-68(73)53-47-41-35-28-17-15-13-11-8-2)88-71(76)56-50-44-38-32-33-39-45-51-63(4)5/h63-67,72H,7-62H2,1-6H3,(H,77,78)(H,79,80)/t64?,65-,66-,67-/m1/s1. The van der Waals surface area contributed by atoms with E-state index in [-0.39, 0.29) is 25.7 Å². The maximum absolute atomic E-state index is 13.0. The summed E-state index contributed by atoms with van der Waals surface area (Å²) < 4.78 is 68.3. The Morgan fingerprint density at radius 3 is 0.844 bits per heavy atom. The van der Waals surface area contributed by atoms with Crippen LogP contribution in [0.4, 0.5) is 0 Å². The van der Waals surface area contributed by atoms with Crippen molar-refractivity contribution in [2.24, 2.45) is 11.8 Å². The number of phosphoric ester groups is 2. The van der Waals surface area contributed by atoms with Gasteiger partial charge in [0.2, 0.25) is 0 Å². The number of ether oxygens (including phenoxy) is 4. The summed E-state index contributed by atoms with van der Waals surface area (Å²) in [5, 5.41) is 10.6. The van der Waals surface area contributed by atoms with Gasteiger partial charge in [-0.05, 0) is 37.5 Å². The molecular formula is C71H138O17P2. The van der Waals surface area contributed by atoms with Crippen LogP contribution in [0.15, 0.2) is 0 Å². The highest BCUT2D eigenvalue weighted by atomic mass is 31.2. The van der Waals surface area contributed by atoms with Crippen LogP contribution in [0.25, 0.3) is 0 Å². The van der Waals surface area contributed by atoms with Gasteiger partial charge in [-0.25, -0.2) is 9.13 Å². The molecule has 0 saturated carbocycles. The molecule has 0 aliphatic rings. The summed E-state index contributed by atoms with van der Waals surface area (Å²) in [5.41, 5.74) is 0. The number of carbonyl (C=O) groups excluding carboxylic acids is 4. The average Bonchev–Trinajstić information content (AvgIpc) is 3.72. The van der Waals surface area contributed by atoms with Crippen molar-refractivity contribution in [3.05, 3.63) is 0 Å². The molecule has 0 spiro atoms. The summed E-state index contributed by atoms with van der Waals surface area (Å²) >= 11 is 0. The van der Waals surface area contributed by atoms with E-state index in [1.54, 1.807) is 0 Å². The quantitative estimate of drug-likeness (QED) is 0.0222. The molecule has 0 heterocycles. The Labute approximate surface area is 549 Å². The molecule has 0 fully saturated rings. The van der Waals surface area contributed by atoms with Gasteiger partial charge in [-0.1, -0.05) is 311 Å². The van der Waals surface area contributed by atoms with E-state index >= 15 is 0 Å². The number of hydrogen-bond acceptors (Lipinski definition) is 15. The Hall–Kier alpha value is -1.94. The monoisotopic (exact) mass is 1320 g/mol. The molecule has 0 bridgehead atoms. The van der Waals surface area contributed by atoms with Crippen molar-refractivity contribution in [2.75, 3.05) is 39.6 Å². The molecule has 17 nitrogen and oxygen atoms in total. The highest BCUT2D eigenvalue weighted by Crippen LogP contribution is 2.45. The largest absolute Gasteiger partial charge is 0.472 e. The van der Waals surface area contributed by atoms with Gasteiger partial charge in [-0.15, -0.1) is 0 Å². The predicted octanol–water partition coefficient (Wildman–Crippen LogP) is 20.4. The summed E-state index contributed by atoms with van der Waals surface area (Å²) in [7, 11) is -9.90. The van der Waals surface area contributed by atoms with Crippen LogP contribution in [0.1, 0.15) is 363 Å². The number of unbranched alkanes of at least 4 members (excludes halogenated alkanes) is 39. The molecule has 0 aromatic heterocycles. The van der Waals surface area contributed by atoms with Crippen molar-refractivity contribution in [3.8, 4) is 0 Å². The Morgan fingerprint density at radius 1 is 0.322 bits per heavy atom. The van der Waals surface area contributed by atoms with Gasteiger partial charge in [-0.3, -0.25) is 37.3 Å². The first-order valence-electron chi connectivity index (χ1n) is 37.0. The lowest BCUT2D eigenvalue weighted by molar-refractivity contribution is -0.161. The number of rotatable bonds is 70. The fourth-order valence-electron chi connectivity index (χ4n) is 10.7. The van der Waals surface area contributed by atoms with E-state index in [1.165, 1.54) is 180 Å². The van der Waals surface area contributed by atoms with Crippen molar-refractivity contribution >= 4 is 39.5 Å². The van der Waals surface area contributed by atoms with Crippen molar-refractivity contribution in [1.82, 2.24) is 0 Å². The van der Waals surface area contributed by atoms with Crippen molar-refractivity contribution in [3.63, 3.8) is 0 Å². The molecule has 0 rings (SSSR count). The van der Waals surface area contributed by atoms with Crippen LogP contribution in [-0.4, -0.2) is 96.7 Å². The zero-order valence-electron chi connectivity index (χ0n) is 58.4. The Morgan fingerprint density at radius 2 is 0.567 bits per heavy atom. The molecule has 0 aromatic rings. The van der Waals surface area contributed by atoms with Crippen LogP contribution in [0.3, 0.4) is 0 Å². The molecule has 0 aliphatic carbocycles. The summed E-state index contributed by atoms with van der Waals surface area (Å²) in [6.45, 7) is 9.51. The lowest BCUT2D eigenvalue weighted by atomic mass is 9.99. The van der Waals surface area contributed by atoms with Crippen LogP contribution < -0.4 is 0 Å². The van der Waals surface area contributed by atoms with E-state index in [4.69, 9.17) is 37.0 Å². The van der Waals surface area contributed by atoms with Crippen molar-refractivity contribution < 1.29 is 80.2 Å². The Balaban J connectivity index is 5.23. The minimum Gasteiger partial charge on any atom is -0.462 e. The first-order valence-corrected chi connectivity index (χ1v) is 40.0. The SMILES string of the molecule is CCCCCCCCCCCCCCCCCCCC(=O)O[C@H](COC(=O)CCCCCCCCCCCCC(C)CC)COP(=O)(O)OC[C@@H](O)COP(=O)(O)OC[C@@H](COC(=O)CCCCCCCCCCC)OC(=O)CCCCCCCCCC(C)C. The third-order valence-electron chi connectivity index (χ3n) is 16.8. The Kier molecular flexibility index (Phi) is 61.8. The molecule has 534 valence electrons. The molecule has 0 aromatic carbocycles. The van der Waals surface area contributed by atoms with Gasteiger partial charge in [0.1, 0.15) is 19.3 Å². The lowest BCUT2D eigenvalue weighted by Crippen LogP contribution is -2.30. The van der Waals surface area contributed by atoms with Gasteiger partial charge in [0, 0.05) is 25.7 Å². The van der Waals surface area contributed by atoms with Crippen molar-refractivity contribution in [1.29, 1.82) is 0 Å². The minimum atomic E-state index is -4.95. The fraction of sp³-hybridized carbons (Fsp3) is 0.944. The molecule has 3 unspecified atom stereocenters. The summed E-state index contributed by atoms with van der Waals surface area (Å²) in [5.74, 6) is -0.620. The summed E-state index contributed by atoms with van der Waals surface area (Å²) in [6, 6.07) is 0. The van der Waals surface area contributed by atoms with E-state index in [9.17, 15) is 43.2 Å². The molecule has 0 amide bonds. The van der Waals surface area contributed by atoms with E-state index in [0.29, 0.717) is 31.6 Å². The number of phosphoric acid groups is 2. The van der Waals surface area contributed by atoms with Crippen LogP contribution in [0, 0.1) is 11.8 Å².